The van der Waals surface area contributed by atoms with E-state index in [-0.39, 0.29) is 16.6 Å². The molecule has 6 heteroatoms. The fourth-order valence-electron chi connectivity index (χ4n) is 1.37. The molecule has 0 saturated heterocycles. The van der Waals surface area contributed by atoms with Crippen molar-refractivity contribution in [3.63, 3.8) is 0 Å². The van der Waals surface area contributed by atoms with E-state index in [0.29, 0.717) is 5.56 Å². The normalized spacial score (nSPS) is 13.8. The second-order valence-corrected chi connectivity index (χ2v) is 6.64. The molecule has 0 amide bonds. The molecule has 0 heterocycles. The monoisotopic (exact) mass is 310 g/mol. The zero-order valence-corrected chi connectivity index (χ0v) is 11.1. The Morgan fingerprint density at radius 2 is 2.12 bits per heavy atom. The first-order valence-electron chi connectivity index (χ1n) is 4.58. The first kappa shape index (κ1) is 13.6. The van der Waals surface area contributed by atoms with Crippen molar-refractivity contribution in [2.75, 3.05) is 12.0 Å². The molecule has 0 aliphatic rings. The molecule has 0 bridgehead atoms. The number of benzene rings is 1. The van der Waals surface area contributed by atoms with Crippen LogP contribution < -0.4 is 0 Å². The molecule has 1 atom stereocenters. The summed E-state index contributed by atoms with van der Waals surface area (Å²) >= 11 is 3.05. The molecule has 0 aliphatic heterocycles. The Labute approximate surface area is 102 Å². The highest BCUT2D eigenvalue weighted by Gasteiger charge is 2.15. The highest BCUT2D eigenvalue weighted by atomic mass is 79.9. The Kier molecular flexibility index (Phi) is 4.46. The van der Waals surface area contributed by atoms with Gasteiger partial charge in [-0.05, 0) is 27.6 Å². The maximum Gasteiger partial charge on any atom is 0.150 e. The average molecular weight is 311 g/mol. The Morgan fingerprint density at radius 3 is 2.69 bits per heavy atom. The van der Waals surface area contributed by atoms with Gasteiger partial charge in [0.05, 0.1) is 16.3 Å². The molecule has 0 aromatic heterocycles. The molecule has 1 aromatic carbocycles. The molecule has 1 N–H and O–H groups in total. The summed E-state index contributed by atoms with van der Waals surface area (Å²) in [6.45, 7) is 0. The fraction of sp³-hybridized carbons (Fsp3) is 0.400. The quantitative estimate of drug-likeness (QED) is 0.917. The van der Waals surface area contributed by atoms with Crippen LogP contribution in [0.3, 0.4) is 0 Å². The van der Waals surface area contributed by atoms with Crippen LogP contribution in [0.1, 0.15) is 5.56 Å². The lowest BCUT2D eigenvalue weighted by Gasteiger charge is -2.10. The Balaban J connectivity index is 2.77. The number of sulfone groups is 1. The van der Waals surface area contributed by atoms with E-state index < -0.39 is 21.8 Å². The van der Waals surface area contributed by atoms with E-state index in [2.05, 4.69) is 15.9 Å². The van der Waals surface area contributed by atoms with E-state index in [0.717, 1.165) is 6.26 Å². The van der Waals surface area contributed by atoms with Crippen molar-refractivity contribution in [1.82, 2.24) is 0 Å². The highest BCUT2D eigenvalue weighted by Crippen LogP contribution is 2.21. The van der Waals surface area contributed by atoms with Gasteiger partial charge in [0.25, 0.3) is 0 Å². The summed E-state index contributed by atoms with van der Waals surface area (Å²) in [5.74, 6) is -0.750. The van der Waals surface area contributed by atoms with Gasteiger partial charge in [-0.1, -0.05) is 12.1 Å². The second kappa shape index (κ2) is 5.25. The minimum atomic E-state index is -3.23. The summed E-state index contributed by atoms with van der Waals surface area (Å²) in [6.07, 6.45) is 0.135. The van der Waals surface area contributed by atoms with E-state index in [1.165, 1.54) is 12.1 Å². The Hall–Kier alpha value is -0.460. The third kappa shape index (κ3) is 4.19. The predicted molar refractivity (Wildman–Crippen MR) is 63.5 cm³/mol. The van der Waals surface area contributed by atoms with E-state index in [4.69, 9.17) is 0 Å². The van der Waals surface area contributed by atoms with Crippen molar-refractivity contribution in [2.45, 2.75) is 12.5 Å². The van der Waals surface area contributed by atoms with Gasteiger partial charge in [-0.2, -0.15) is 0 Å². The highest BCUT2D eigenvalue weighted by molar-refractivity contribution is 9.10. The van der Waals surface area contributed by atoms with Gasteiger partial charge in [0.15, 0.2) is 0 Å². The third-order valence-corrected chi connectivity index (χ3v) is 3.86. The van der Waals surface area contributed by atoms with Crippen LogP contribution >= 0.6 is 15.9 Å². The molecule has 1 unspecified atom stereocenters. The van der Waals surface area contributed by atoms with Gasteiger partial charge < -0.3 is 5.11 Å². The first-order chi connectivity index (χ1) is 7.29. The summed E-state index contributed by atoms with van der Waals surface area (Å²) < 4.78 is 35.3. The zero-order chi connectivity index (χ0) is 12.3. The Bertz CT molecular complexity index is 473. The minimum Gasteiger partial charge on any atom is -0.392 e. The lowest BCUT2D eigenvalue weighted by atomic mass is 10.1. The van der Waals surface area contributed by atoms with E-state index in [9.17, 15) is 17.9 Å². The third-order valence-electron chi connectivity index (χ3n) is 1.98. The average Bonchev–Trinajstić information content (AvgIpc) is 2.09. The number of aliphatic hydroxyl groups is 1. The van der Waals surface area contributed by atoms with E-state index in [1.807, 2.05) is 0 Å². The molecular formula is C10H12BrFO3S. The smallest absolute Gasteiger partial charge is 0.150 e. The molecule has 1 aromatic rings. The van der Waals surface area contributed by atoms with Crippen LogP contribution in [0.5, 0.6) is 0 Å². The topological polar surface area (TPSA) is 54.4 Å². The van der Waals surface area contributed by atoms with Crippen LogP contribution in [0.15, 0.2) is 22.7 Å². The van der Waals surface area contributed by atoms with Crippen LogP contribution in [0.25, 0.3) is 0 Å². The van der Waals surface area contributed by atoms with Gasteiger partial charge in [-0.15, -0.1) is 0 Å². The number of rotatable bonds is 4. The molecule has 3 nitrogen and oxygen atoms in total. The zero-order valence-electron chi connectivity index (χ0n) is 8.65. The number of halogens is 2. The Morgan fingerprint density at radius 1 is 1.50 bits per heavy atom. The fourth-order valence-corrected chi connectivity index (χ4v) is 2.61. The molecule has 0 radical (unpaired) electrons. The van der Waals surface area contributed by atoms with Crippen molar-refractivity contribution in [3.8, 4) is 0 Å². The molecule has 0 fully saturated rings. The lowest BCUT2D eigenvalue weighted by molar-refractivity contribution is 0.197. The van der Waals surface area contributed by atoms with Crippen LogP contribution in [0.2, 0.25) is 0 Å². The van der Waals surface area contributed by atoms with Crippen molar-refractivity contribution in [2.24, 2.45) is 0 Å². The van der Waals surface area contributed by atoms with Crippen LogP contribution in [-0.2, 0) is 16.3 Å². The van der Waals surface area contributed by atoms with Crippen molar-refractivity contribution in [1.29, 1.82) is 0 Å². The molecule has 1 rings (SSSR count). The summed E-state index contributed by atoms with van der Waals surface area (Å²) in [4.78, 5) is 0. The molecule has 16 heavy (non-hydrogen) atoms. The molecule has 90 valence electrons. The minimum absolute atomic E-state index is 0.103. The molecule has 0 spiro atoms. The van der Waals surface area contributed by atoms with Crippen LogP contribution in [-0.4, -0.2) is 31.6 Å². The summed E-state index contributed by atoms with van der Waals surface area (Å²) in [6, 6.07) is 4.44. The van der Waals surface area contributed by atoms with Gasteiger partial charge in [-0.3, -0.25) is 0 Å². The summed E-state index contributed by atoms with van der Waals surface area (Å²) in [7, 11) is -3.23. The summed E-state index contributed by atoms with van der Waals surface area (Å²) in [5, 5.41) is 9.53. The van der Waals surface area contributed by atoms with Crippen LogP contribution in [0.4, 0.5) is 4.39 Å². The van der Waals surface area contributed by atoms with E-state index >= 15 is 0 Å². The van der Waals surface area contributed by atoms with Gasteiger partial charge in [0, 0.05) is 12.7 Å². The first-order valence-corrected chi connectivity index (χ1v) is 7.43. The summed E-state index contributed by atoms with van der Waals surface area (Å²) in [5.41, 5.74) is 0.552. The van der Waals surface area contributed by atoms with Crippen molar-refractivity contribution in [3.05, 3.63) is 34.1 Å². The van der Waals surface area contributed by atoms with Crippen molar-refractivity contribution >= 4 is 25.8 Å². The predicted octanol–water partition coefficient (Wildman–Crippen LogP) is 1.54. The number of hydrogen-bond acceptors (Lipinski definition) is 3. The van der Waals surface area contributed by atoms with Crippen molar-refractivity contribution < 1.29 is 17.9 Å². The lowest BCUT2D eigenvalue weighted by Crippen LogP contribution is -2.22. The number of aliphatic hydroxyl groups excluding tert-OH is 1. The largest absolute Gasteiger partial charge is 0.392 e. The SMILES string of the molecule is CS(=O)(=O)CC(O)Cc1cccc(F)c1Br. The maximum absolute atomic E-state index is 13.1. The van der Waals surface area contributed by atoms with E-state index in [1.54, 1.807) is 6.07 Å². The van der Waals surface area contributed by atoms with Gasteiger partial charge in [-0.25, -0.2) is 12.8 Å². The van der Waals surface area contributed by atoms with Crippen LogP contribution in [0, 0.1) is 5.82 Å². The molecule has 0 aliphatic carbocycles. The standard InChI is InChI=1S/C10H12BrFO3S/c1-16(14,15)6-8(13)5-7-3-2-4-9(12)10(7)11/h2-4,8,13H,5-6H2,1H3. The molecular weight excluding hydrogens is 299 g/mol. The maximum atomic E-state index is 13.1. The molecule has 0 saturated carbocycles. The second-order valence-electron chi connectivity index (χ2n) is 3.66. The van der Waals surface area contributed by atoms with Gasteiger partial charge >= 0.3 is 0 Å². The van der Waals surface area contributed by atoms with Gasteiger partial charge in [0.2, 0.25) is 0 Å². The van der Waals surface area contributed by atoms with Gasteiger partial charge in [0.1, 0.15) is 15.7 Å². The number of hydrogen-bond donors (Lipinski definition) is 1.